The maximum Gasteiger partial charge on any atom is 0.0507 e. The molecular weight excluding hydrogens is 371 g/mol. The summed E-state index contributed by atoms with van der Waals surface area (Å²) in [6.45, 7) is 29.6. The fraction of sp³-hybridized carbons (Fsp3) is 0.481. The molecule has 0 saturated carbocycles. The number of aromatic nitrogens is 1. The van der Waals surface area contributed by atoms with Crippen molar-refractivity contribution in [3.63, 3.8) is 0 Å². The first-order valence-electron chi connectivity index (χ1n) is 10.9. The van der Waals surface area contributed by atoms with E-state index in [4.69, 9.17) is 0 Å². The van der Waals surface area contributed by atoms with E-state index in [-0.39, 0.29) is 5.41 Å². The molecule has 0 aliphatic rings. The van der Waals surface area contributed by atoms with Crippen LogP contribution in [0, 0.1) is 5.41 Å². The van der Waals surface area contributed by atoms with Crippen LogP contribution in [0.1, 0.15) is 93.1 Å². The highest BCUT2D eigenvalue weighted by Crippen LogP contribution is 2.32. The van der Waals surface area contributed by atoms with Gasteiger partial charge in [-0.05, 0) is 51.0 Å². The molecule has 0 radical (unpaired) electrons. The fourth-order valence-electron chi connectivity index (χ4n) is 2.64. The van der Waals surface area contributed by atoms with Crippen molar-refractivity contribution < 1.29 is 4.48 Å². The number of allylic oxidation sites excluding steroid dienone is 6. The molecule has 3 heteroatoms. The van der Waals surface area contributed by atoms with Crippen LogP contribution in [0.3, 0.4) is 0 Å². The Kier molecular flexibility index (Phi) is 13.8. The maximum absolute atomic E-state index is 14.8. The van der Waals surface area contributed by atoms with Crippen LogP contribution in [0.25, 0.3) is 17.7 Å². The molecule has 1 rings (SSSR count). The summed E-state index contributed by atoms with van der Waals surface area (Å²) in [6, 6.07) is 2.09. The van der Waals surface area contributed by atoms with Gasteiger partial charge in [0.2, 0.25) is 0 Å². The monoisotopic (exact) mass is 416 g/mol. The lowest BCUT2D eigenvalue weighted by Gasteiger charge is -2.27. The van der Waals surface area contributed by atoms with Crippen LogP contribution in [-0.4, -0.2) is 9.69 Å². The van der Waals surface area contributed by atoms with Gasteiger partial charge in [-0.1, -0.05) is 89.9 Å². The van der Waals surface area contributed by atoms with Gasteiger partial charge in [0.1, 0.15) is 0 Å². The first-order chi connectivity index (χ1) is 13.9. The van der Waals surface area contributed by atoms with Crippen LogP contribution in [0.5, 0.6) is 0 Å². The number of hydrogen-bond donors (Lipinski definition) is 0. The quantitative estimate of drug-likeness (QED) is 0.331. The van der Waals surface area contributed by atoms with E-state index in [0.717, 1.165) is 22.5 Å². The van der Waals surface area contributed by atoms with Crippen molar-refractivity contribution in [3.05, 3.63) is 65.3 Å². The van der Waals surface area contributed by atoms with E-state index >= 15 is 0 Å². The SMILES string of the molecule is C=Cc1cc(/C(C=C(C)C)=C/C)n(C)c1/C=C(\C)N(F)C(=C)C(C)(C)C.CC.CC. The fourth-order valence-corrected chi connectivity index (χ4v) is 2.64. The van der Waals surface area contributed by atoms with Crippen LogP contribution in [0.4, 0.5) is 4.48 Å². The van der Waals surface area contributed by atoms with Crippen molar-refractivity contribution in [2.45, 2.75) is 76.2 Å². The second-order valence-corrected chi connectivity index (χ2v) is 7.86. The largest absolute Gasteiger partial charge is 0.344 e. The molecule has 2 nitrogen and oxygen atoms in total. The molecule has 1 aromatic heterocycles. The number of hydrogen-bond acceptors (Lipinski definition) is 1. The third-order valence-corrected chi connectivity index (χ3v) is 4.34. The molecule has 0 fully saturated rings. The molecule has 0 aliphatic heterocycles. The Bertz CT molecular complexity index is 777. The lowest BCUT2D eigenvalue weighted by Crippen LogP contribution is -2.21. The summed E-state index contributed by atoms with van der Waals surface area (Å²) in [4.78, 5) is 0. The molecule has 30 heavy (non-hydrogen) atoms. The second kappa shape index (κ2) is 13.8. The smallest absolute Gasteiger partial charge is 0.0507 e. The van der Waals surface area contributed by atoms with E-state index in [9.17, 15) is 4.48 Å². The zero-order valence-electron chi connectivity index (χ0n) is 21.6. The van der Waals surface area contributed by atoms with Crippen molar-refractivity contribution in [2.24, 2.45) is 12.5 Å². The predicted octanol–water partition coefficient (Wildman–Crippen LogP) is 9.20. The standard InChI is InChI=1S/C23H33FN2.2C2H6/c1-11-19(13-16(3)4)22-15-20(12-2)21(25(22)10)14-17(5)26(24)18(6)23(7,8)9;2*1-2/h11-15H,2,6H2,1,3-5,7-10H3;2*1-2H3/b17-14+,19-11+;;. The van der Waals surface area contributed by atoms with Gasteiger partial charge in [-0.2, -0.15) is 5.12 Å². The number of rotatable bonds is 6. The molecule has 0 unspecified atom stereocenters. The summed E-state index contributed by atoms with van der Waals surface area (Å²) < 4.78 is 16.8. The summed E-state index contributed by atoms with van der Waals surface area (Å²) in [5.74, 6) is 0. The van der Waals surface area contributed by atoms with Crippen molar-refractivity contribution in [1.29, 1.82) is 0 Å². The topological polar surface area (TPSA) is 8.17 Å². The summed E-state index contributed by atoms with van der Waals surface area (Å²) in [5, 5.41) is 0.673. The Balaban J connectivity index is 0. The minimum absolute atomic E-state index is 0.341. The molecule has 0 atom stereocenters. The van der Waals surface area contributed by atoms with Crippen LogP contribution in [0.2, 0.25) is 0 Å². The van der Waals surface area contributed by atoms with Crippen LogP contribution >= 0.6 is 0 Å². The molecule has 0 amide bonds. The van der Waals surface area contributed by atoms with Crippen molar-refractivity contribution in [2.75, 3.05) is 0 Å². The molecule has 0 N–H and O–H groups in total. The Morgan fingerprint density at radius 1 is 1.10 bits per heavy atom. The predicted molar refractivity (Wildman–Crippen MR) is 136 cm³/mol. The summed E-state index contributed by atoms with van der Waals surface area (Å²) in [6.07, 6.45) is 7.87. The second-order valence-electron chi connectivity index (χ2n) is 7.86. The Morgan fingerprint density at radius 2 is 1.60 bits per heavy atom. The van der Waals surface area contributed by atoms with Gasteiger partial charge in [-0.15, -0.1) is 0 Å². The zero-order chi connectivity index (χ0) is 24.2. The minimum Gasteiger partial charge on any atom is -0.344 e. The van der Waals surface area contributed by atoms with Crippen molar-refractivity contribution in [1.82, 2.24) is 9.69 Å². The van der Waals surface area contributed by atoms with Gasteiger partial charge >= 0.3 is 0 Å². The molecule has 170 valence electrons. The average molecular weight is 417 g/mol. The van der Waals surface area contributed by atoms with Gasteiger partial charge < -0.3 is 4.57 Å². The third-order valence-electron chi connectivity index (χ3n) is 4.34. The molecule has 0 saturated heterocycles. The molecule has 1 aromatic rings. The Morgan fingerprint density at radius 3 is 1.97 bits per heavy atom. The molecule has 0 aliphatic carbocycles. The lowest BCUT2D eigenvalue weighted by molar-refractivity contribution is 0.0897. The third kappa shape index (κ3) is 8.22. The number of nitrogens with zero attached hydrogens (tertiary/aromatic N) is 2. The van der Waals surface area contributed by atoms with E-state index in [0.29, 0.717) is 16.5 Å². The molecule has 1 heterocycles. The minimum atomic E-state index is -0.341. The highest BCUT2D eigenvalue weighted by molar-refractivity contribution is 5.77. The average Bonchev–Trinajstić information content (AvgIpc) is 3.02. The van der Waals surface area contributed by atoms with Gasteiger partial charge in [-0.25, -0.2) is 0 Å². The van der Waals surface area contributed by atoms with Crippen molar-refractivity contribution in [3.8, 4) is 0 Å². The Labute approximate surface area is 186 Å². The highest BCUT2D eigenvalue weighted by Gasteiger charge is 2.23. The Hall–Kier alpha value is -2.29. The van der Waals surface area contributed by atoms with E-state index in [1.807, 2.05) is 68.5 Å². The van der Waals surface area contributed by atoms with Gasteiger partial charge in [0.25, 0.3) is 0 Å². The van der Waals surface area contributed by atoms with E-state index in [1.165, 1.54) is 5.57 Å². The molecule has 0 bridgehead atoms. The molecular formula is C27H45FN2. The molecule has 0 aromatic carbocycles. The maximum atomic E-state index is 14.8. The lowest BCUT2D eigenvalue weighted by atomic mass is 9.92. The van der Waals surface area contributed by atoms with Gasteiger partial charge in [0.15, 0.2) is 0 Å². The first kappa shape index (κ1) is 29.9. The molecule has 0 spiro atoms. The van der Waals surface area contributed by atoms with Gasteiger partial charge in [0, 0.05) is 23.9 Å². The van der Waals surface area contributed by atoms with E-state index < -0.39 is 0 Å². The van der Waals surface area contributed by atoms with Gasteiger partial charge in [0.05, 0.1) is 11.4 Å². The first-order valence-corrected chi connectivity index (χ1v) is 10.9. The zero-order valence-corrected chi connectivity index (χ0v) is 21.6. The van der Waals surface area contributed by atoms with Crippen LogP contribution < -0.4 is 0 Å². The summed E-state index contributed by atoms with van der Waals surface area (Å²) in [5.41, 5.74) is 5.89. The van der Waals surface area contributed by atoms with Crippen LogP contribution in [0.15, 0.2) is 48.3 Å². The van der Waals surface area contributed by atoms with E-state index in [2.05, 4.69) is 49.8 Å². The summed E-state index contributed by atoms with van der Waals surface area (Å²) in [7, 11) is 1.99. The van der Waals surface area contributed by atoms with Crippen LogP contribution in [-0.2, 0) is 7.05 Å². The van der Waals surface area contributed by atoms with Crippen molar-refractivity contribution >= 4 is 17.7 Å². The van der Waals surface area contributed by atoms with E-state index in [1.54, 1.807) is 13.0 Å². The highest BCUT2D eigenvalue weighted by atomic mass is 19.2. The number of halogens is 1. The summed E-state index contributed by atoms with van der Waals surface area (Å²) >= 11 is 0. The normalized spacial score (nSPS) is 11.5. The van der Waals surface area contributed by atoms with Gasteiger partial charge in [-0.3, -0.25) is 0 Å².